The molecule has 50 heavy (non-hydrogen) atoms. The van der Waals surface area contributed by atoms with Gasteiger partial charge in [-0.3, -0.25) is 10.3 Å². The van der Waals surface area contributed by atoms with E-state index < -0.39 is 0 Å². The number of rotatable bonds is 5. The normalized spacial score (nSPS) is 16.2. The number of nitrogens with one attached hydrogen (secondary N) is 3. The lowest BCUT2D eigenvalue weighted by Crippen LogP contribution is -2.85. The summed E-state index contributed by atoms with van der Waals surface area (Å²) >= 11 is 0. The molecular weight excluding hydrogens is 611 g/mol. The highest BCUT2D eigenvalue weighted by molar-refractivity contribution is 6.28. The first kappa shape index (κ1) is 28.6. The second-order valence-electron chi connectivity index (χ2n) is 13.0. The Balaban J connectivity index is 1.17. The largest absolute Gasteiger partial charge is 0.309 e. The van der Waals surface area contributed by atoms with E-state index in [0.29, 0.717) is 0 Å². The summed E-state index contributed by atoms with van der Waals surface area (Å²) in [5.41, 5.74) is 10.6. The van der Waals surface area contributed by atoms with E-state index in [9.17, 15) is 0 Å². The molecule has 3 N–H and O–H groups in total. The SMILES string of the molecule is c1ccc(C2=[NH+]C(c3cccc(-n4c5ccccc5c5c6c7ccccc7n(-c7ccccc7)c6ccc54)c3)NC(c3ccccc3)N2)cc1. The zero-order chi connectivity index (χ0) is 33.0. The van der Waals surface area contributed by atoms with Crippen LogP contribution in [0.3, 0.4) is 0 Å². The Labute approximate surface area is 289 Å². The molecule has 0 bridgehead atoms. The number of para-hydroxylation sites is 3. The molecule has 2 atom stereocenters. The first-order chi connectivity index (χ1) is 24.8. The summed E-state index contributed by atoms with van der Waals surface area (Å²) in [6, 6.07) is 62.9. The third-order valence-corrected chi connectivity index (χ3v) is 10.1. The summed E-state index contributed by atoms with van der Waals surface area (Å²) in [5.74, 6) is 1.00. The van der Waals surface area contributed by atoms with E-state index in [1.807, 2.05) is 0 Å². The summed E-state index contributed by atoms with van der Waals surface area (Å²) in [4.78, 5) is 3.78. The highest BCUT2D eigenvalue weighted by atomic mass is 15.3. The monoisotopic (exact) mass is 644 g/mol. The topological polar surface area (TPSA) is 47.9 Å². The molecule has 9 aromatic rings. The van der Waals surface area contributed by atoms with E-state index in [4.69, 9.17) is 0 Å². The maximum Gasteiger partial charge on any atom is 0.278 e. The minimum atomic E-state index is -0.125. The Kier molecular flexibility index (Phi) is 6.64. The highest BCUT2D eigenvalue weighted by Crippen LogP contribution is 2.42. The molecule has 3 heterocycles. The van der Waals surface area contributed by atoms with Gasteiger partial charge in [-0.2, -0.15) is 0 Å². The van der Waals surface area contributed by atoms with Gasteiger partial charge in [0.1, 0.15) is 0 Å². The van der Waals surface area contributed by atoms with Gasteiger partial charge in [-0.25, -0.2) is 5.32 Å². The van der Waals surface area contributed by atoms with Gasteiger partial charge >= 0.3 is 0 Å². The van der Waals surface area contributed by atoms with Crippen LogP contribution >= 0.6 is 0 Å². The Morgan fingerprint density at radius 2 is 0.960 bits per heavy atom. The van der Waals surface area contributed by atoms with Crippen molar-refractivity contribution in [3.63, 3.8) is 0 Å². The molecule has 10 rings (SSSR count). The van der Waals surface area contributed by atoms with Crippen molar-refractivity contribution in [1.82, 2.24) is 19.8 Å². The molecule has 7 aromatic carbocycles. The standard InChI is InChI=1S/C45H33N5/c1-4-15-30(16-5-1)43-46-44(31-17-6-2-7-18-31)48-45(47-43)32-19-14-22-34(29-32)50-38-26-13-11-24-36(38)42-40(50)28-27-39-41(42)35-23-10-12-25-37(35)49(39)33-20-8-3-9-21-33/h1-29,43,45,47H,(H,46,48)/p+1. The fraction of sp³-hybridized carbons (Fsp3) is 0.0444. The molecule has 0 amide bonds. The number of benzene rings is 7. The lowest BCUT2D eigenvalue weighted by atomic mass is 10.1. The van der Waals surface area contributed by atoms with Crippen LogP contribution in [0.1, 0.15) is 29.0 Å². The van der Waals surface area contributed by atoms with Crippen molar-refractivity contribution in [2.75, 3.05) is 0 Å². The zero-order valence-electron chi connectivity index (χ0n) is 27.3. The Morgan fingerprint density at radius 3 is 1.62 bits per heavy atom. The zero-order valence-corrected chi connectivity index (χ0v) is 27.3. The predicted molar refractivity (Wildman–Crippen MR) is 205 cm³/mol. The number of hydrogen-bond acceptors (Lipinski definition) is 2. The summed E-state index contributed by atoms with van der Waals surface area (Å²) in [6.07, 6.45) is -0.190. The predicted octanol–water partition coefficient (Wildman–Crippen LogP) is 8.30. The lowest BCUT2D eigenvalue weighted by molar-refractivity contribution is -0.527. The van der Waals surface area contributed by atoms with Crippen LogP contribution in [0.4, 0.5) is 0 Å². The van der Waals surface area contributed by atoms with Crippen LogP contribution in [0.2, 0.25) is 0 Å². The van der Waals surface area contributed by atoms with Gasteiger partial charge < -0.3 is 9.13 Å². The fourth-order valence-corrected chi connectivity index (χ4v) is 7.85. The van der Waals surface area contributed by atoms with Crippen LogP contribution in [0.5, 0.6) is 0 Å². The van der Waals surface area contributed by atoms with E-state index in [0.717, 1.165) is 28.3 Å². The van der Waals surface area contributed by atoms with Crippen LogP contribution in [0.25, 0.3) is 55.0 Å². The average Bonchev–Trinajstić information content (AvgIpc) is 3.72. The smallest absolute Gasteiger partial charge is 0.278 e. The van der Waals surface area contributed by atoms with Crippen molar-refractivity contribution in [1.29, 1.82) is 0 Å². The molecule has 2 unspecified atom stereocenters. The molecular formula is C45H34N5+. The molecule has 0 radical (unpaired) electrons. The Bertz CT molecular complexity index is 2710. The summed E-state index contributed by atoms with van der Waals surface area (Å²) in [5, 5.41) is 12.6. The fourth-order valence-electron chi connectivity index (χ4n) is 7.85. The van der Waals surface area contributed by atoms with Crippen molar-refractivity contribution in [2.24, 2.45) is 0 Å². The summed E-state index contributed by atoms with van der Waals surface area (Å²) < 4.78 is 4.83. The molecule has 5 heteroatoms. The Morgan fingerprint density at radius 1 is 0.440 bits per heavy atom. The van der Waals surface area contributed by atoms with Gasteiger partial charge in [-0.05, 0) is 60.7 Å². The number of aromatic nitrogens is 2. The molecule has 1 aliphatic heterocycles. The highest BCUT2D eigenvalue weighted by Gasteiger charge is 2.31. The van der Waals surface area contributed by atoms with Crippen molar-refractivity contribution in [3.8, 4) is 11.4 Å². The maximum atomic E-state index is 3.84. The van der Waals surface area contributed by atoms with E-state index in [-0.39, 0.29) is 12.3 Å². The minimum absolute atomic E-state index is 0.0650. The van der Waals surface area contributed by atoms with E-state index in [2.05, 4.69) is 201 Å². The van der Waals surface area contributed by atoms with Crippen LogP contribution in [-0.4, -0.2) is 15.0 Å². The second-order valence-corrected chi connectivity index (χ2v) is 13.0. The van der Waals surface area contributed by atoms with Crippen LogP contribution in [0.15, 0.2) is 176 Å². The van der Waals surface area contributed by atoms with Crippen molar-refractivity contribution in [2.45, 2.75) is 12.3 Å². The van der Waals surface area contributed by atoms with Gasteiger partial charge in [-0.15, -0.1) is 0 Å². The van der Waals surface area contributed by atoms with E-state index >= 15 is 0 Å². The molecule has 0 saturated heterocycles. The molecule has 0 spiro atoms. The van der Waals surface area contributed by atoms with Crippen LogP contribution in [0, 0.1) is 0 Å². The van der Waals surface area contributed by atoms with Crippen molar-refractivity contribution < 1.29 is 4.99 Å². The van der Waals surface area contributed by atoms with E-state index in [1.165, 1.54) is 49.2 Å². The molecule has 0 saturated carbocycles. The number of nitrogens with zero attached hydrogens (tertiary/aromatic N) is 2. The first-order valence-corrected chi connectivity index (χ1v) is 17.2. The Hall–Kier alpha value is -6.43. The van der Waals surface area contributed by atoms with E-state index in [1.54, 1.807) is 0 Å². The number of fused-ring (bicyclic) bond motifs is 7. The quantitative estimate of drug-likeness (QED) is 0.177. The van der Waals surface area contributed by atoms with Gasteiger partial charge in [0.15, 0.2) is 12.3 Å². The van der Waals surface area contributed by atoms with Gasteiger partial charge in [0, 0.05) is 44.0 Å². The summed E-state index contributed by atoms with van der Waals surface area (Å²) in [7, 11) is 0. The third kappa shape index (κ3) is 4.55. The molecule has 1 aliphatic rings. The molecule has 0 fully saturated rings. The third-order valence-electron chi connectivity index (χ3n) is 10.1. The second kappa shape index (κ2) is 11.6. The van der Waals surface area contributed by atoms with Crippen LogP contribution < -0.4 is 15.6 Å². The van der Waals surface area contributed by atoms with Crippen molar-refractivity contribution in [3.05, 3.63) is 193 Å². The lowest BCUT2D eigenvalue weighted by Gasteiger charge is -2.27. The molecule has 2 aromatic heterocycles. The molecule has 5 nitrogen and oxygen atoms in total. The minimum Gasteiger partial charge on any atom is -0.309 e. The van der Waals surface area contributed by atoms with Gasteiger partial charge in [0.2, 0.25) is 0 Å². The van der Waals surface area contributed by atoms with Gasteiger partial charge in [-0.1, -0.05) is 115 Å². The molecule has 238 valence electrons. The summed E-state index contributed by atoms with van der Waals surface area (Å²) in [6.45, 7) is 0. The van der Waals surface area contributed by atoms with Gasteiger partial charge in [0.05, 0.1) is 27.6 Å². The van der Waals surface area contributed by atoms with Crippen LogP contribution in [-0.2, 0) is 0 Å². The molecule has 0 aliphatic carbocycles. The number of hydrogen-bond donors (Lipinski definition) is 3. The number of amidine groups is 1. The average molecular weight is 645 g/mol. The first-order valence-electron chi connectivity index (χ1n) is 17.2. The van der Waals surface area contributed by atoms with Gasteiger partial charge in [0.25, 0.3) is 5.84 Å². The maximum absolute atomic E-state index is 3.84. The van der Waals surface area contributed by atoms with Crippen molar-refractivity contribution >= 4 is 49.4 Å².